The van der Waals surface area contributed by atoms with Gasteiger partial charge in [-0.3, -0.25) is 0 Å². The molecular weight excluding hydrogens is 837 g/mol. The molecule has 0 spiro atoms. The van der Waals surface area contributed by atoms with Gasteiger partial charge in [-0.15, -0.1) is 0 Å². The van der Waals surface area contributed by atoms with E-state index >= 15 is 0 Å². The molecule has 2 heteroatoms. The maximum absolute atomic E-state index is 6.62. The summed E-state index contributed by atoms with van der Waals surface area (Å²) in [6.45, 7) is 17.0. The van der Waals surface area contributed by atoms with Crippen LogP contribution in [-0.4, -0.2) is 13.2 Å². The second-order valence-corrected chi connectivity index (χ2v) is 18.6. The van der Waals surface area contributed by atoms with Crippen LogP contribution in [-0.2, 0) is 6.42 Å². The van der Waals surface area contributed by atoms with Gasteiger partial charge >= 0.3 is 0 Å². The second-order valence-electron chi connectivity index (χ2n) is 18.6. The van der Waals surface area contributed by atoms with Gasteiger partial charge in [0.05, 0.1) is 13.2 Å². The Hall–Kier alpha value is -6.38. The van der Waals surface area contributed by atoms with Crippen LogP contribution in [0.15, 0.2) is 182 Å². The van der Waals surface area contributed by atoms with Crippen molar-refractivity contribution in [1.29, 1.82) is 0 Å². The van der Waals surface area contributed by atoms with Crippen LogP contribution in [0.1, 0.15) is 148 Å². The molecule has 7 aromatic carbocycles. The molecule has 360 valence electrons. The first kappa shape index (κ1) is 53.6. The molecule has 2 nitrogen and oxygen atoms in total. The van der Waals surface area contributed by atoms with Crippen molar-refractivity contribution in [3.8, 4) is 11.5 Å². The largest absolute Gasteiger partial charge is 0.493 e. The van der Waals surface area contributed by atoms with E-state index in [9.17, 15) is 0 Å². The number of hydrogen-bond acceptors (Lipinski definition) is 2. The predicted molar refractivity (Wildman–Crippen MR) is 300 cm³/mol. The van der Waals surface area contributed by atoms with Gasteiger partial charge in [0, 0.05) is 17.0 Å². The number of rotatable bonds is 22. The van der Waals surface area contributed by atoms with Gasteiger partial charge in [-0.2, -0.15) is 0 Å². The van der Waals surface area contributed by atoms with Crippen LogP contribution in [0.3, 0.4) is 0 Å². The fourth-order valence-electron chi connectivity index (χ4n) is 8.14. The van der Waals surface area contributed by atoms with Crippen LogP contribution in [0.5, 0.6) is 11.5 Å². The highest BCUT2D eigenvalue weighted by atomic mass is 16.5. The lowest BCUT2D eigenvalue weighted by atomic mass is 9.93. The minimum atomic E-state index is 0.484. The average Bonchev–Trinajstić information content (AvgIpc) is 3.40. The van der Waals surface area contributed by atoms with Gasteiger partial charge in [0.25, 0.3) is 0 Å². The molecule has 69 heavy (non-hydrogen) atoms. The summed E-state index contributed by atoms with van der Waals surface area (Å²) in [4.78, 5) is 0. The van der Waals surface area contributed by atoms with Crippen molar-refractivity contribution in [3.63, 3.8) is 0 Å². The third kappa shape index (κ3) is 19.6. The van der Waals surface area contributed by atoms with E-state index in [1.54, 1.807) is 0 Å². The van der Waals surface area contributed by atoms with Crippen molar-refractivity contribution in [1.82, 2.24) is 0 Å². The van der Waals surface area contributed by atoms with Crippen LogP contribution < -0.4 is 9.47 Å². The summed E-state index contributed by atoms with van der Waals surface area (Å²) in [5, 5.41) is 0. The normalized spacial score (nSPS) is 11.9. The van der Waals surface area contributed by atoms with Gasteiger partial charge in [-0.25, -0.2) is 0 Å². The highest BCUT2D eigenvalue weighted by Gasteiger charge is 2.15. The quantitative estimate of drug-likeness (QED) is 0.0631. The number of ether oxygens (including phenoxy) is 2. The highest BCUT2D eigenvalue weighted by molar-refractivity contribution is 5.79. The third-order valence-electron chi connectivity index (χ3n) is 12.9. The van der Waals surface area contributed by atoms with Crippen molar-refractivity contribution in [3.05, 3.63) is 238 Å². The van der Waals surface area contributed by atoms with Crippen molar-refractivity contribution < 1.29 is 9.47 Å². The minimum Gasteiger partial charge on any atom is -0.493 e. The first-order valence-electron chi connectivity index (χ1n) is 25.9. The summed E-state index contributed by atoms with van der Waals surface area (Å²) in [5.74, 6) is 3.44. The molecule has 7 aromatic rings. The Labute approximate surface area is 418 Å². The molecule has 0 radical (unpaired) electrons. The molecule has 0 heterocycles. The predicted octanol–water partition coefficient (Wildman–Crippen LogP) is 19.0. The molecule has 0 aliphatic heterocycles. The average molecular weight is 917 g/mol. The number of unbranched alkanes of at least 4 members (excludes halogenated alkanes) is 2. The molecule has 0 bridgehead atoms. The van der Waals surface area contributed by atoms with Crippen LogP contribution in [0.2, 0.25) is 0 Å². The summed E-state index contributed by atoms with van der Waals surface area (Å²) < 4.78 is 13.2. The van der Waals surface area contributed by atoms with Crippen molar-refractivity contribution >= 4 is 24.3 Å². The zero-order chi connectivity index (χ0) is 48.9. The third-order valence-corrected chi connectivity index (χ3v) is 12.9. The van der Waals surface area contributed by atoms with Crippen molar-refractivity contribution in [2.45, 2.75) is 112 Å². The van der Waals surface area contributed by atoms with Gasteiger partial charge in [-0.05, 0) is 90.5 Å². The first-order valence-corrected chi connectivity index (χ1v) is 25.9. The van der Waals surface area contributed by atoms with E-state index < -0.39 is 0 Å². The molecule has 7 rings (SSSR count). The Balaban J connectivity index is 0.000000262. The van der Waals surface area contributed by atoms with Crippen molar-refractivity contribution in [2.24, 2.45) is 11.8 Å². The molecule has 2 unspecified atom stereocenters. The second kappa shape index (κ2) is 30.9. The van der Waals surface area contributed by atoms with Crippen LogP contribution in [0, 0.1) is 25.7 Å². The molecular formula is C67H80O2. The fourth-order valence-corrected chi connectivity index (χ4v) is 8.14. The van der Waals surface area contributed by atoms with Gasteiger partial charge in [0.2, 0.25) is 0 Å². The number of aryl methyl sites for hydroxylation is 2. The maximum Gasteiger partial charge on any atom is 0.127 e. The van der Waals surface area contributed by atoms with E-state index in [4.69, 9.17) is 9.47 Å². The monoisotopic (exact) mass is 917 g/mol. The molecule has 0 fully saturated rings. The van der Waals surface area contributed by atoms with Crippen LogP contribution >= 0.6 is 0 Å². The lowest BCUT2D eigenvalue weighted by Crippen LogP contribution is -2.13. The topological polar surface area (TPSA) is 18.5 Å². The van der Waals surface area contributed by atoms with E-state index in [1.807, 2.05) is 0 Å². The number of hydrogen-bond donors (Lipinski definition) is 0. The zero-order valence-corrected chi connectivity index (χ0v) is 43.0. The molecule has 0 amide bonds. The molecule has 0 aromatic heterocycles. The summed E-state index contributed by atoms with van der Waals surface area (Å²) in [7, 11) is 0. The zero-order valence-electron chi connectivity index (χ0n) is 43.0. The number of benzene rings is 7. The van der Waals surface area contributed by atoms with E-state index in [2.05, 4.69) is 255 Å². The van der Waals surface area contributed by atoms with Gasteiger partial charge < -0.3 is 9.47 Å². The fraction of sp³-hybridized carbons (Fsp3) is 0.313. The van der Waals surface area contributed by atoms with E-state index in [0.717, 1.165) is 55.1 Å². The van der Waals surface area contributed by atoms with E-state index in [1.165, 1.54) is 83.0 Å². The molecule has 0 saturated heterocycles. The smallest absolute Gasteiger partial charge is 0.127 e. The standard InChI is InChI=1S/C40H54O2.C14H14.C13H12/c1-7-11-13-33(9-3)29-41-39-27-38(26-24-36-21-17-32(6)18-22-36)40(42-30-34(10-4)14-12-8-2)28-37(39)25-23-35-19-15-31(5)16-20-35;1-12(13-8-4-2-5-9-13)14-10-6-3-7-11-14;1-3-7-12(8-4-1)11-13-9-5-2-6-10-13/h15-28,33-34H,7-14,29-30H2,1-6H3;2-12H,1H3;1-10H,11H2/b25-23+,26-24+;;. The Kier molecular flexibility index (Phi) is 24.0. The summed E-state index contributed by atoms with van der Waals surface area (Å²) in [6, 6.07) is 63.9. The molecule has 0 aliphatic carbocycles. The van der Waals surface area contributed by atoms with E-state index in [-0.39, 0.29) is 0 Å². The molecule has 0 aliphatic rings. The van der Waals surface area contributed by atoms with E-state index in [0.29, 0.717) is 17.8 Å². The Morgan fingerprint density at radius 3 is 1.10 bits per heavy atom. The molecule has 0 N–H and O–H groups in total. The minimum absolute atomic E-state index is 0.484. The molecule has 0 saturated carbocycles. The summed E-state index contributed by atoms with van der Waals surface area (Å²) in [5.41, 5.74) is 12.5. The SMILES string of the molecule is CC(c1ccccc1)c1ccccc1.CCCCC(CC)COc1cc(/C=C/c2ccc(C)cc2)c(OCC(CC)CCCC)cc1/C=C/c1ccc(C)cc1.c1ccc(Cc2ccccc2)cc1. The highest BCUT2D eigenvalue weighted by Crippen LogP contribution is 2.34. The lowest BCUT2D eigenvalue weighted by Gasteiger charge is -2.20. The van der Waals surface area contributed by atoms with Crippen LogP contribution in [0.4, 0.5) is 0 Å². The van der Waals surface area contributed by atoms with Crippen LogP contribution in [0.25, 0.3) is 24.3 Å². The summed E-state index contributed by atoms with van der Waals surface area (Å²) >= 11 is 0. The van der Waals surface area contributed by atoms with Gasteiger partial charge in [0.15, 0.2) is 0 Å². The molecule has 2 atom stereocenters. The summed E-state index contributed by atoms with van der Waals surface area (Å²) in [6.07, 6.45) is 19.4. The van der Waals surface area contributed by atoms with Gasteiger partial charge in [-0.1, -0.05) is 278 Å². The lowest BCUT2D eigenvalue weighted by molar-refractivity contribution is 0.227. The Morgan fingerprint density at radius 2 is 0.768 bits per heavy atom. The van der Waals surface area contributed by atoms with Gasteiger partial charge in [0.1, 0.15) is 11.5 Å². The Bertz CT molecular complexity index is 2290. The first-order chi connectivity index (χ1) is 33.8. The Morgan fingerprint density at radius 1 is 0.420 bits per heavy atom. The van der Waals surface area contributed by atoms with Crippen molar-refractivity contribution in [2.75, 3.05) is 13.2 Å². The maximum atomic E-state index is 6.62.